The Hall–Kier alpha value is -7.86. The smallest absolute Gasteiger partial charge is 0.405 e. The first-order chi connectivity index (χ1) is 34.6. The summed E-state index contributed by atoms with van der Waals surface area (Å²) in [6, 6.07) is 3.81. The lowest BCUT2D eigenvalue weighted by Gasteiger charge is -2.45. The Morgan fingerprint density at radius 1 is 0.712 bits per heavy atom. The van der Waals surface area contributed by atoms with Crippen molar-refractivity contribution in [2.24, 2.45) is 11.7 Å². The van der Waals surface area contributed by atoms with Crippen molar-refractivity contribution in [3.8, 4) is 0 Å². The predicted octanol–water partition coefficient (Wildman–Crippen LogP) is 4.46. The third kappa shape index (κ3) is 11.0. The van der Waals surface area contributed by atoms with E-state index >= 15 is 0 Å². The molecule has 4 aliphatic rings. The molecule has 6 aromatic heterocycles. The summed E-state index contributed by atoms with van der Waals surface area (Å²) in [6.07, 6.45) is -4.15. The van der Waals surface area contributed by atoms with Crippen LogP contribution in [-0.2, 0) is 0 Å². The number of urea groups is 2. The van der Waals surface area contributed by atoms with E-state index < -0.39 is 73.6 Å². The minimum absolute atomic E-state index is 0.113. The van der Waals surface area contributed by atoms with Gasteiger partial charge in [0, 0.05) is 44.0 Å². The first kappa shape index (κ1) is 51.5. The first-order valence-corrected chi connectivity index (χ1v) is 22.6. The molecule has 4 aliphatic heterocycles. The molecule has 10 heterocycles. The molecule has 73 heavy (non-hydrogen) atoms. The number of Topliss-reactive ketones (excluding diaryl/α,β-unsaturated/α-hetero) is 1. The van der Waals surface area contributed by atoms with E-state index in [1.165, 1.54) is 22.2 Å². The third-order valence-corrected chi connectivity index (χ3v) is 12.3. The summed E-state index contributed by atoms with van der Waals surface area (Å²) in [4.78, 5) is 82.7. The van der Waals surface area contributed by atoms with Gasteiger partial charge >= 0.3 is 30.4 Å². The van der Waals surface area contributed by atoms with Crippen LogP contribution in [0, 0.1) is 19.8 Å². The number of fused-ring (bicyclic) bond motifs is 10. The number of aromatic nitrogens is 10. The van der Waals surface area contributed by atoms with Gasteiger partial charge in [-0.25, -0.2) is 44.3 Å². The minimum Gasteiger partial charge on any atom is -0.475 e. The molecule has 2 saturated heterocycles. The first-order valence-electron chi connectivity index (χ1n) is 22.6. The van der Waals surface area contributed by atoms with Gasteiger partial charge in [-0.1, -0.05) is 0 Å². The molecule has 10 rings (SSSR count). The number of carboxylic acid groups (broad SMARTS) is 1. The summed E-state index contributed by atoms with van der Waals surface area (Å²) < 4.78 is 72.7. The van der Waals surface area contributed by atoms with Gasteiger partial charge in [-0.05, 0) is 63.8 Å². The number of aliphatic hydroxyl groups excluding tert-OH is 2. The van der Waals surface area contributed by atoms with Crippen molar-refractivity contribution in [3.05, 3.63) is 59.7 Å². The number of amides is 4. The van der Waals surface area contributed by atoms with Crippen LogP contribution in [0.3, 0.4) is 0 Å². The second kappa shape index (κ2) is 20.7. The van der Waals surface area contributed by atoms with E-state index in [2.05, 4.69) is 71.6 Å². The van der Waals surface area contributed by atoms with Crippen LogP contribution in [0.1, 0.15) is 64.7 Å². The molecule has 4 amide bonds. The summed E-state index contributed by atoms with van der Waals surface area (Å²) in [6.45, 7) is 4.12. The standard InChI is InChI=1S/C22H23F3N8O3.C18H18N8O3.C3H6F3NO/c1-11-4-5-14-17(27-11)30-31-18(14)29-21(36)33-13-3-2-6-32(9-13)15-8-26-19(28-20(15)33)16(35)7-12(10-34)22(23,24)25;1-9-4-5-11-13(20-9)23-24-14(11)22-18(29)26-10-3-2-6-25(8-10)12-7-19-15(17(27)28)21-16(12)26;4-3(5,6)2(7)1-8/h4-5,8,12-13,34H,2-3,6-7,9-10H2,1H3,(H2,27,29,30,31,36);4-5,7,10H,2-3,6,8H2,1H3,(H,27,28)(H2,20,22,23,24,29);2,8H,1,7H2/t12?,13-;10-;/m00./s1. The molecular formula is C43H47F6N17O7. The average molecular weight is 1030 g/mol. The van der Waals surface area contributed by atoms with Crippen molar-refractivity contribution in [1.29, 1.82) is 0 Å². The van der Waals surface area contributed by atoms with Crippen LogP contribution < -0.4 is 36.0 Å². The van der Waals surface area contributed by atoms with Crippen LogP contribution in [-0.4, -0.2) is 159 Å². The molecule has 0 spiro atoms. The number of aromatic amines is 2. The van der Waals surface area contributed by atoms with E-state index in [1.807, 2.05) is 30.9 Å². The molecule has 24 nitrogen and oxygen atoms in total. The molecule has 0 radical (unpaired) electrons. The number of H-pyrrole nitrogens is 2. The van der Waals surface area contributed by atoms with Crippen molar-refractivity contribution >= 4 is 80.5 Å². The van der Waals surface area contributed by atoms with Gasteiger partial charge in [-0.15, -0.1) is 0 Å². The van der Waals surface area contributed by atoms with Crippen molar-refractivity contribution in [3.63, 3.8) is 0 Å². The fourth-order valence-electron chi connectivity index (χ4n) is 8.63. The number of aromatic carboxylic acids is 1. The Morgan fingerprint density at radius 2 is 1.18 bits per heavy atom. The number of alkyl halides is 6. The van der Waals surface area contributed by atoms with Crippen LogP contribution in [0.4, 0.5) is 70.6 Å². The molecular weight excluding hydrogens is 981 g/mol. The van der Waals surface area contributed by atoms with Crippen LogP contribution in [0.2, 0.25) is 0 Å². The second-order valence-electron chi connectivity index (χ2n) is 17.4. The summed E-state index contributed by atoms with van der Waals surface area (Å²) >= 11 is 0. The maximum atomic E-state index is 13.5. The van der Waals surface area contributed by atoms with Gasteiger partial charge in [-0.2, -0.15) is 36.5 Å². The van der Waals surface area contributed by atoms with E-state index in [1.54, 1.807) is 12.1 Å². The molecule has 30 heteroatoms. The number of halogens is 6. The number of hydrogen-bond donors (Lipinski definition) is 8. The van der Waals surface area contributed by atoms with Crippen LogP contribution in [0.5, 0.6) is 0 Å². The van der Waals surface area contributed by atoms with Crippen LogP contribution >= 0.6 is 0 Å². The molecule has 0 saturated carbocycles. The number of anilines is 6. The Balaban J connectivity index is 0.000000172. The molecule has 4 atom stereocenters. The molecule has 9 N–H and O–H groups in total. The number of nitrogens with two attached hydrogens (primary N) is 1. The number of carboxylic acids is 1. The van der Waals surface area contributed by atoms with Crippen molar-refractivity contribution < 1.29 is 60.8 Å². The van der Waals surface area contributed by atoms with Crippen LogP contribution in [0.15, 0.2) is 36.7 Å². The number of hydrogen-bond acceptors (Lipinski definition) is 17. The maximum absolute atomic E-state index is 13.5. The number of piperidine rings is 2. The van der Waals surface area contributed by atoms with E-state index in [-0.39, 0.29) is 29.5 Å². The Bertz CT molecular complexity index is 3040. The number of rotatable bonds is 8. The van der Waals surface area contributed by atoms with E-state index in [9.17, 15) is 50.6 Å². The summed E-state index contributed by atoms with van der Waals surface area (Å²) in [5.41, 5.74) is 8.25. The monoisotopic (exact) mass is 1030 g/mol. The van der Waals surface area contributed by atoms with Gasteiger partial charge in [0.2, 0.25) is 11.6 Å². The van der Waals surface area contributed by atoms with Gasteiger partial charge in [-0.3, -0.25) is 35.4 Å². The van der Waals surface area contributed by atoms with Crippen molar-refractivity contribution in [1.82, 2.24) is 50.3 Å². The fourth-order valence-corrected chi connectivity index (χ4v) is 8.63. The second-order valence-corrected chi connectivity index (χ2v) is 17.4. The van der Waals surface area contributed by atoms with Gasteiger partial charge in [0.1, 0.15) is 6.04 Å². The highest BCUT2D eigenvalue weighted by Gasteiger charge is 2.43. The lowest BCUT2D eigenvalue weighted by atomic mass is 10.00. The third-order valence-electron chi connectivity index (χ3n) is 12.3. The molecule has 4 bridgehead atoms. The normalized spacial score (nSPS) is 17.8. The largest absolute Gasteiger partial charge is 0.475 e. The SMILES string of the molecule is Cc1ccc2c(NC(=O)N3c4nc(C(=O)CC(CO)C(F)(F)F)ncc4N4CCC[C@H]3C4)n[nH]c2n1.Cc1ccc2c(NC(=O)N3c4nc(C(=O)O)ncc4N4CCC[C@H]3C4)n[nH]c2n1.NC(CO)C(F)(F)F. The molecule has 2 unspecified atom stereocenters. The summed E-state index contributed by atoms with van der Waals surface area (Å²) in [5, 5.41) is 47.0. The van der Waals surface area contributed by atoms with Crippen molar-refractivity contribution in [2.75, 3.05) is 69.6 Å². The number of pyridine rings is 2. The lowest BCUT2D eigenvalue weighted by molar-refractivity contribution is -0.182. The minimum atomic E-state index is -4.74. The van der Waals surface area contributed by atoms with Gasteiger partial charge in [0.25, 0.3) is 0 Å². The predicted molar refractivity (Wildman–Crippen MR) is 248 cm³/mol. The Labute approximate surface area is 408 Å². The van der Waals surface area contributed by atoms with Gasteiger partial charge in [0.05, 0.1) is 65.8 Å². The zero-order chi connectivity index (χ0) is 52.5. The molecule has 0 aromatic carbocycles. The summed E-state index contributed by atoms with van der Waals surface area (Å²) in [7, 11) is 0. The zero-order valence-corrected chi connectivity index (χ0v) is 38.7. The van der Waals surface area contributed by atoms with Gasteiger partial charge in [0.15, 0.2) is 40.4 Å². The number of aryl methyl sites for hydroxylation is 2. The number of ketones is 1. The molecule has 6 aromatic rings. The molecule has 388 valence electrons. The number of carbonyl (C=O) groups excluding carboxylic acids is 3. The number of carbonyl (C=O) groups is 4. The average Bonchev–Trinajstić information content (AvgIpc) is 3.94. The fraction of sp³-hybridized carbons (Fsp3) is 0.442. The highest BCUT2D eigenvalue weighted by atomic mass is 19.4. The maximum Gasteiger partial charge on any atom is 0.405 e. The number of aliphatic hydroxyl groups is 2. The molecule has 0 aliphatic carbocycles. The van der Waals surface area contributed by atoms with E-state index in [4.69, 9.17) is 10.2 Å². The Morgan fingerprint density at radius 3 is 1.59 bits per heavy atom. The summed E-state index contributed by atoms with van der Waals surface area (Å²) in [5.74, 6) is -4.14. The highest BCUT2D eigenvalue weighted by Crippen LogP contribution is 2.40. The quantitative estimate of drug-likeness (QED) is 0.0770. The zero-order valence-electron chi connectivity index (χ0n) is 38.7. The van der Waals surface area contributed by atoms with Gasteiger partial charge < -0.3 is 30.9 Å². The number of nitrogens with one attached hydrogen (secondary N) is 4. The van der Waals surface area contributed by atoms with Crippen molar-refractivity contribution in [2.45, 2.75) is 76.4 Å². The lowest BCUT2D eigenvalue weighted by Crippen LogP contribution is -2.56. The molecule has 2 fully saturated rings. The van der Waals surface area contributed by atoms with Crippen LogP contribution in [0.25, 0.3) is 22.1 Å². The number of nitrogens with zero attached hydrogens (tertiary/aromatic N) is 12. The Kier molecular flexibility index (Phi) is 14.6. The topological polar surface area (TPSA) is 327 Å². The van der Waals surface area contributed by atoms with E-state index in [0.29, 0.717) is 71.1 Å². The van der Waals surface area contributed by atoms with E-state index in [0.717, 1.165) is 37.2 Å². The highest BCUT2D eigenvalue weighted by molar-refractivity contribution is 6.09.